The summed E-state index contributed by atoms with van der Waals surface area (Å²) in [5, 5.41) is 15.0. The molecule has 0 atom stereocenters. The van der Waals surface area contributed by atoms with Crippen molar-refractivity contribution >= 4 is 11.6 Å². The number of hydrogen-bond acceptors (Lipinski definition) is 5. The number of aryl methyl sites for hydroxylation is 1. The number of amides is 1. The van der Waals surface area contributed by atoms with E-state index in [4.69, 9.17) is 4.74 Å². The number of piperidine rings is 1. The van der Waals surface area contributed by atoms with Crippen LogP contribution in [0.15, 0.2) is 18.5 Å². The van der Waals surface area contributed by atoms with Crippen molar-refractivity contribution in [2.75, 3.05) is 18.4 Å². The van der Waals surface area contributed by atoms with Crippen LogP contribution in [0, 0.1) is 0 Å². The number of nitrogens with zero attached hydrogens (tertiary/aromatic N) is 4. The van der Waals surface area contributed by atoms with Crippen molar-refractivity contribution in [3.05, 3.63) is 29.8 Å². The lowest BCUT2D eigenvalue weighted by molar-refractivity contribution is -0.109. The van der Waals surface area contributed by atoms with Crippen LogP contribution in [0.5, 0.6) is 0 Å². The highest BCUT2D eigenvalue weighted by Crippen LogP contribution is 2.31. The summed E-state index contributed by atoms with van der Waals surface area (Å²) in [5.74, 6) is -0.211. The Hall–Kier alpha value is -2.19. The average molecular weight is 344 g/mol. The number of nitrogens with one attached hydrogen (secondary N) is 2. The Kier molecular flexibility index (Phi) is 4.30. The maximum atomic E-state index is 12.5. The van der Waals surface area contributed by atoms with Gasteiger partial charge in [-0.1, -0.05) is 6.92 Å². The fraction of sp³-hybridized carbons (Fsp3) is 0.588. The monoisotopic (exact) mass is 344 g/mol. The van der Waals surface area contributed by atoms with Gasteiger partial charge in [0.2, 0.25) is 0 Å². The minimum Gasteiger partial charge on any atom is -0.367 e. The number of carbonyl (C=O) groups is 1. The molecular formula is C17H24N6O2. The van der Waals surface area contributed by atoms with Gasteiger partial charge in [0.15, 0.2) is 5.69 Å². The van der Waals surface area contributed by atoms with E-state index in [1.54, 1.807) is 6.20 Å². The minimum atomic E-state index is -0.211. The van der Waals surface area contributed by atoms with Gasteiger partial charge in [0.25, 0.3) is 5.91 Å². The molecule has 4 rings (SSSR count). The Morgan fingerprint density at radius 3 is 3.08 bits per heavy atom. The van der Waals surface area contributed by atoms with E-state index in [-0.39, 0.29) is 11.5 Å². The molecule has 0 bridgehead atoms. The summed E-state index contributed by atoms with van der Waals surface area (Å²) in [4.78, 5) is 12.5. The Balaban J connectivity index is 1.46. The van der Waals surface area contributed by atoms with Crippen molar-refractivity contribution in [3.8, 4) is 0 Å². The number of aromatic nitrogens is 4. The first-order valence-corrected chi connectivity index (χ1v) is 8.93. The van der Waals surface area contributed by atoms with Crippen molar-refractivity contribution in [1.82, 2.24) is 24.9 Å². The second kappa shape index (κ2) is 6.61. The smallest absolute Gasteiger partial charge is 0.276 e. The van der Waals surface area contributed by atoms with Crippen molar-refractivity contribution in [1.29, 1.82) is 0 Å². The summed E-state index contributed by atoms with van der Waals surface area (Å²) in [7, 11) is 0. The van der Waals surface area contributed by atoms with Gasteiger partial charge in [-0.05, 0) is 38.4 Å². The summed E-state index contributed by atoms with van der Waals surface area (Å²) >= 11 is 0. The molecule has 2 aromatic rings. The maximum Gasteiger partial charge on any atom is 0.276 e. The van der Waals surface area contributed by atoms with Crippen LogP contribution in [0.2, 0.25) is 0 Å². The molecule has 4 heterocycles. The summed E-state index contributed by atoms with van der Waals surface area (Å²) in [6, 6.07) is 1.82. The maximum absolute atomic E-state index is 12.5. The number of ether oxygens (including phenoxy) is 1. The first kappa shape index (κ1) is 16.3. The van der Waals surface area contributed by atoms with Crippen LogP contribution in [-0.4, -0.2) is 44.2 Å². The average Bonchev–Trinajstić information content (AvgIpc) is 3.22. The van der Waals surface area contributed by atoms with Crippen LogP contribution in [0.3, 0.4) is 0 Å². The van der Waals surface area contributed by atoms with E-state index < -0.39 is 0 Å². The van der Waals surface area contributed by atoms with E-state index in [1.807, 2.05) is 21.6 Å². The molecule has 25 heavy (non-hydrogen) atoms. The van der Waals surface area contributed by atoms with E-state index in [1.165, 1.54) is 0 Å². The molecule has 0 unspecified atom stereocenters. The van der Waals surface area contributed by atoms with Crippen LogP contribution in [0.25, 0.3) is 0 Å². The van der Waals surface area contributed by atoms with E-state index in [2.05, 4.69) is 27.8 Å². The fourth-order valence-corrected chi connectivity index (χ4v) is 3.52. The van der Waals surface area contributed by atoms with Gasteiger partial charge in [0.1, 0.15) is 0 Å². The zero-order chi connectivity index (χ0) is 17.3. The predicted octanol–water partition coefficient (Wildman–Crippen LogP) is 1.39. The van der Waals surface area contributed by atoms with Crippen molar-refractivity contribution in [2.45, 2.75) is 51.5 Å². The molecule has 8 heteroatoms. The number of fused-ring (bicyclic) bond motifs is 1. The second-order valence-corrected chi connectivity index (χ2v) is 6.85. The third-order valence-corrected chi connectivity index (χ3v) is 4.92. The summed E-state index contributed by atoms with van der Waals surface area (Å²) in [5.41, 5.74) is 1.93. The number of rotatable bonds is 4. The largest absolute Gasteiger partial charge is 0.367 e. The van der Waals surface area contributed by atoms with Gasteiger partial charge in [-0.15, -0.1) is 0 Å². The van der Waals surface area contributed by atoms with Gasteiger partial charge < -0.3 is 15.4 Å². The Labute approximate surface area is 146 Å². The third kappa shape index (κ3) is 3.32. The van der Waals surface area contributed by atoms with Gasteiger partial charge in [0.05, 0.1) is 36.3 Å². The topological polar surface area (TPSA) is 86.0 Å². The van der Waals surface area contributed by atoms with Gasteiger partial charge in [-0.25, -0.2) is 0 Å². The van der Waals surface area contributed by atoms with Crippen LogP contribution in [0.1, 0.15) is 42.4 Å². The van der Waals surface area contributed by atoms with Crippen molar-refractivity contribution in [2.24, 2.45) is 0 Å². The fourth-order valence-electron chi connectivity index (χ4n) is 3.52. The normalized spacial score (nSPS) is 18.9. The lowest BCUT2D eigenvalue weighted by Crippen LogP contribution is -2.49. The molecule has 2 aliphatic heterocycles. The quantitative estimate of drug-likeness (QED) is 0.875. The van der Waals surface area contributed by atoms with Crippen LogP contribution >= 0.6 is 0 Å². The first-order chi connectivity index (χ1) is 12.2. The molecule has 0 aromatic carbocycles. The van der Waals surface area contributed by atoms with E-state index in [0.29, 0.717) is 24.5 Å². The molecular weight excluding hydrogens is 320 g/mol. The van der Waals surface area contributed by atoms with Crippen LogP contribution in [-0.2, 0) is 24.4 Å². The van der Waals surface area contributed by atoms with E-state index in [9.17, 15) is 4.79 Å². The highest BCUT2D eigenvalue weighted by atomic mass is 16.5. The van der Waals surface area contributed by atoms with Gasteiger partial charge in [-0.3, -0.25) is 14.2 Å². The van der Waals surface area contributed by atoms with E-state index in [0.717, 1.165) is 44.6 Å². The zero-order valence-corrected chi connectivity index (χ0v) is 14.5. The molecule has 8 nitrogen and oxygen atoms in total. The molecule has 1 spiro atoms. The molecule has 2 aliphatic rings. The van der Waals surface area contributed by atoms with E-state index >= 15 is 0 Å². The molecule has 1 saturated heterocycles. The molecule has 2 aromatic heterocycles. The Bertz CT molecular complexity index is 759. The standard InChI is InChI=1S/C17H24N6O2/c1-2-7-22-10-13(9-19-22)20-16(24)15-8-14-11-25-17(12-23(14)21-15)3-5-18-6-4-17/h8-10,18H,2-7,11-12H2,1H3,(H,20,24). The molecule has 0 saturated carbocycles. The summed E-state index contributed by atoms with van der Waals surface area (Å²) in [6.07, 6.45) is 6.45. The second-order valence-electron chi connectivity index (χ2n) is 6.85. The highest BCUT2D eigenvalue weighted by Gasteiger charge is 2.38. The predicted molar refractivity (Wildman–Crippen MR) is 92.3 cm³/mol. The summed E-state index contributed by atoms with van der Waals surface area (Å²) < 4.78 is 9.89. The highest BCUT2D eigenvalue weighted by molar-refractivity contribution is 6.02. The van der Waals surface area contributed by atoms with Gasteiger partial charge in [0, 0.05) is 12.7 Å². The van der Waals surface area contributed by atoms with Crippen LogP contribution in [0.4, 0.5) is 5.69 Å². The van der Waals surface area contributed by atoms with Crippen molar-refractivity contribution in [3.63, 3.8) is 0 Å². The molecule has 1 amide bonds. The number of anilines is 1. The molecule has 2 N–H and O–H groups in total. The Morgan fingerprint density at radius 2 is 2.28 bits per heavy atom. The molecule has 134 valence electrons. The number of carbonyl (C=O) groups excluding carboxylic acids is 1. The lowest BCUT2D eigenvalue weighted by Gasteiger charge is -2.40. The van der Waals surface area contributed by atoms with Gasteiger partial charge >= 0.3 is 0 Å². The summed E-state index contributed by atoms with van der Waals surface area (Å²) in [6.45, 7) is 6.08. The van der Waals surface area contributed by atoms with Crippen molar-refractivity contribution < 1.29 is 9.53 Å². The Morgan fingerprint density at radius 1 is 1.44 bits per heavy atom. The first-order valence-electron chi connectivity index (χ1n) is 8.93. The number of hydrogen-bond donors (Lipinski definition) is 2. The van der Waals surface area contributed by atoms with Crippen LogP contribution < -0.4 is 10.6 Å². The minimum absolute atomic E-state index is 0.140. The third-order valence-electron chi connectivity index (χ3n) is 4.92. The SMILES string of the molecule is CCCn1cc(NC(=O)c2cc3n(n2)CC2(CCNCC2)OC3)cn1. The molecule has 0 radical (unpaired) electrons. The lowest BCUT2D eigenvalue weighted by atomic mass is 9.91. The zero-order valence-electron chi connectivity index (χ0n) is 14.5. The van der Waals surface area contributed by atoms with Gasteiger partial charge in [-0.2, -0.15) is 10.2 Å². The molecule has 1 fully saturated rings. The molecule has 0 aliphatic carbocycles.